The summed E-state index contributed by atoms with van der Waals surface area (Å²) in [4.78, 5) is 13.0. The number of hydrogen-bond donors (Lipinski definition) is 2. The van der Waals surface area contributed by atoms with Gasteiger partial charge in [0.05, 0.1) is 15.0 Å². The molecule has 0 unspecified atom stereocenters. The molecule has 2 rings (SSSR count). The second-order valence-electron chi connectivity index (χ2n) is 3.66. The van der Waals surface area contributed by atoms with Gasteiger partial charge in [-0.05, 0) is 41.1 Å². The zero-order valence-corrected chi connectivity index (χ0v) is 12.5. The number of halogens is 2. The molecule has 1 aromatic carbocycles. The lowest BCUT2D eigenvalue weighted by Gasteiger charge is -2.06. The molecule has 18 heavy (non-hydrogen) atoms. The number of rotatable bonds is 2. The predicted molar refractivity (Wildman–Crippen MR) is 77.8 cm³/mol. The van der Waals surface area contributed by atoms with Crippen molar-refractivity contribution in [1.29, 1.82) is 0 Å². The summed E-state index contributed by atoms with van der Waals surface area (Å²) in [5, 5.41) is 12.7. The monoisotopic (exact) mass is 345 g/mol. The summed E-state index contributed by atoms with van der Waals surface area (Å²) in [6.07, 6.45) is 0. The van der Waals surface area contributed by atoms with Crippen molar-refractivity contribution in [3.63, 3.8) is 0 Å². The molecule has 1 heterocycles. The average molecular weight is 347 g/mol. The molecule has 2 aromatic rings. The van der Waals surface area contributed by atoms with E-state index in [0.29, 0.717) is 16.3 Å². The Bertz CT molecular complexity index is 612. The Kier molecular flexibility index (Phi) is 3.94. The van der Waals surface area contributed by atoms with Gasteiger partial charge in [-0.3, -0.25) is 4.79 Å². The van der Waals surface area contributed by atoms with E-state index in [1.165, 1.54) is 17.4 Å². The molecule has 0 fully saturated rings. The van der Waals surface area contributed by atoms with Gasteiger partial charge >= 0.3 is 0 Å². The van der Waals surface area contributed by atoms with Crippen molar-refractivity contribution >= 4 is 50.5 Å². The topological polar surface area (TPSA) is 49.3 Å². The first-order valence-electron chi connectivity index (χ1n) is 5.03. The van der Waals surface area contributed by atoms with E-state index in [9.17, 15) is 9.90 Å². The molecule has 0 aliphatic heterocycles. The molecule has 0 bridgehead atoms. The molecule has 0 saturated carbocycles. The van der Waals surface area contributed by atoms with Crippen molar-refractivity contribution < 1.29 is 9.90 Å². The van der Waals surface area contributed by atoms with E-state index < -0.39 is 0 Å². The fourth-order valence-electron chi connectivity index (χ4n) is 1.44. The Labute approximate surface area is 122 Å². The lowest BCUT2D eigenvalue weighted by Crippen LogP contribution is -2.11. The van der Waals surface area contributed by atoms with Gasteiger partial charge in [-0.25, -0.2) is 0 Å². The third kappa shape index (κ3) is 2.85. The largest absolute Gasteiger partial charge is 0.506 e. The first-order chi connectivity index (χ1) is 8.47. The van der Waals surface area contributed by atoms with E-state index in [0.717, 1.165) is 8.66 Å². The van der Waals surface area contributed by atoms with Gasteiger partial charge in [0, 0.05) is 16.0 Å². The molecule has 0 atom stereocenters. The number of amides is 1. The maximum absolute atomic E-state index is 12.0. The molecule has 0 spiro atoms. The highest BCUT2D eigenvalue weighted by atomic mass is 79.9. The van der Waals surface area contributed by atoms with Crippen molar-refractivity contribution in [1.82, 2.24) is 0 Å². The van der Waals surface area contributed by atoms with Crippen molar-refractivity contribution in [2.45, 2.75) is 6.92 Å². The van der Waals surface area contributed by atoms with Gasteiger partial charge in [-0.1, -0.05) is 11.6 Å². The van der Waals surface area contributed by atoms with Crippen LogP contribution in [0.4, 0.5) is 5.69 Å². The molecular weight excluding hydrogens is 338 g/mol. The predicted octanol–water partition coefficient (Wildman–Crippen LogP) is 4.43. The molecule has 6 heteroatoms. The van der Waals surface area contributed by atoms with E-state index in [-0.39, 0.29) is 11.7 Å². The van der Waals surface area contributed by atoms with Crippen LogP contribution in [0.25, 0.3) is 0 Å². The van der Waals surface area contributed by atoms with Crippen LogP contribution in [0, 0.1) is 6.92 Å². The number of anilines is 1. The standard InChI is InChI=1S/C12H9BrClNO2S/c1-6-4-8(11(13)18-6)12(17)15-9-3-2-7(14)5-10(9)16/h2-5,16H,1H3,(H,15,17). The van der Waals surface area contributed by atoms with Crippen LogP contribution in [0.5, 0.6) is 5.75 Å². The van der Waals surface area contributed by atoms with Crippen LogP contribution >= 0.6 is 38.9 Å². The Balaban J connectivity index is 2.24. The summed E-state index contributed by atoms with van der Waals surface area (Å²) in [7, 11) is 0. The highest BCUT2D eigenvalue weighted by Gasteiger charge is 2.14. The van der Waals surface area contributed by atoms with Crippen molar-refractivity contribution in [3.8, 4) is 5.75 Å². The molecule has 0 aliphatic rings. The highest BCUT2D eigenvalue weighted by molar-refractivity contribution is 9.11. The summed E-state index contributed by atoms with van der Waals surface area (Å²) in [5.41, 5.74) is 0.881. The van der Waals surface area contributed by atoms with Crippen LogP contribution in [0.3, 0.4) is 0 Å². The van der Waals surface area contributed by atoms with E-state index in [2.05, 4.69) is 21.2 Å². The molecule has 0 radical (unpaired) electrons. The number of hydrogen-bond acceptors (Lipinski definition) is 3. The Morgan fingerprint density at radius 3 is 2.72 bits per heavy atom. The quantitative estimate of drug-likeness (QED) is 0.790. The van der Waals surface area contributed by atoms with Crippen LogP contribution in [0.15, 0.2) is 28.1 Å². The fourth-order valence-corrected chi connectivity index (χ4v) is 3.39. The number of phenols is 1. The second kappa shape index (κ2) is 5.30. The third-order valence-corrected chi connectivity index (χ3v) is 4.25. The van der Waals surface area contributed by atoms with Crippen LogP contribution in [-0.2, 0) is 0 Å². The summed E-state index contributed by atoms with van der Waals surface area (Å²) in [5.74, 6) is -0.331. The van der Waals surface area contributed by atoms with Gasteiger partial charge in [-0.2, -0.15) is 0 Å². The fraction of sp³-hybridized carbons (Fsp3) is 0.0833. The van der Waals surface area contributed by atoms with Crippen LogP contribution < -0.4 is 5.32 Å². The normalized spacial score (nSPS) is 10.4. The maximum Gasteiger partial charge on any atom is 0.257 e. The van der Waals surface area contributed by atoms with Gasteiger partial charge in [0.15, 0.2) is 0 Å². The lowest BCUT2D eigenvalue weighted by atomic mass is 10.2. The number of phenolic OH excluding ortho intramolecular Hbond substituents is 1. The first-order valence-corrected chi connectivity index (χ1v) is 7.02. The maximum atomic E-state index is 12.0. The summed E-state index contributed by atoms with van der Waals surface area (Å²) >= 11 is 10.5. The Morgan fingerprint density at radius 2 is 2.17 bits per heavy atom. The zero-order valence-electron chi connectivity index (χ0n) is 9.33. The van der Waals surface area contributed by atoms with E-state index in [1.54, 1.807) is 18.2 Å². The summed E-state index contributed by atoms with van der Waals surface area (Å²) < 4.78 is 0.769. The number of benzene rings is 1. The molecule has 1 aromatic heterocycles. The average Bonchev–Trinajstić information content (AvgIpc) is 2.62. The molecule has 0 aliphatic carbocycles. The van der Waals surface area contributed by atoms with Crippen LogP contribution in [-0.4, -0.2) is 11.0 Å². The van der Waals surface area contributed by atoms with Gasteiger partial charge in [0.2, 0.25) is 0 Å². The van der Waals surface area contributed by atoms with Crippen molar-refractivity contribution in [3.05, 3.63) is 43.5 Å². The summed E-state index contributed by atoms with van der Waals surface area (Å²) in [6, 6.07) is 6.33. The van der Waals surface area contributed by atoms with E-state index in [4.69, 9.17) is 11.6 Å². The Hall–Kier alpha value is -1.04. The van der Waals surface area contributed by atoms with Crippen LogP contribution in [0.1, 0.15) is 15.2 Å². The molecular formula is C12H9BrClNO2S. The number of nitrogens with one attached hydrogen (secondary N) is 1. The minimum atomic E-state index is -0.274. The number of carbonyl (C=O) groups excluding carboxylic acids is 1. The van der Waals surface area contributed by atoms with Gasteiger partial charge in [0.25, 0.3) is 5.91 Å². The van der Waals surface area contributed by atoms with Crippen molar-refractivity contribution in [2.75, 3.05) is 5.32 Å². The number of carbonyl (C=O) groups is 1. The molecule has 3 nitrogen and oxygen atoms in total. The number of aryl methyl sites for hydroxylation is 1. The summed E-state index contributed by atoms with van der Waals surface area (Å²) in [6.45, 7) is 1.92. The van der Waals surface area contributed by atoms with E-state index in [1.807, 2.05) is 6.92 Å². The zero-order chi connectivity index (χ0) is 13.3. The lowest BCUT2D eigenvalue weighted by molar-refractivity contribution is 0.102. The minimum Gasteiger partial charge on any atom is -0.506 e. The van der Waals surface area contributed by atoms with Crippen LogP contribution in [0.2, 0.25) is 5.02 Å². The molecule has 2 N–H and O–H groups in total. The van der Waals surface area contributed by atoms with Crippen molar-refractivity contribution in [2.24, 2.45) is 0 Å². The van der Waals surface area contributed by atoms with E-state index >= 15 is 0 Å². The van der Waals surface area contributed by atoms with Gasteiger partial charge in [0.1, 0.15) is 5.75 Å². The highest BCUT2D eigenvalue weighted by Crippen LogP contribution is 2.30. The second-order valence-corrected chi connectivity index (χ2v) is 6.67. The molecule has 94 valence electrons. The molecule has 0 saturated heterocycles. The number of aromatic hydroxyl groups is 1. The first kappa shape index (κ1) is 13.4. The minimum absolute atomic E-state index is 0.0566. The number of thiophene rings is 1. The third-order valence-electron chi connectivity index (χ3n) is 2.26. The van der Waals surface area contributed by atoms with Gasteiger partial charge < -0.3 is 10.4 Å². The molecule has 1 amide bonds. The van der Waals surface area contributed by atoms with Gasteiger partial charge in [-0.15, -0.1) is 11.3 Å². The smallest absolute Gasteiger partial charge is 0.257 e. The SMILES string of the molecule is Cc1cc(C(=O)Nc2ccc(Cl)cc2O)c(Br)s1. The Morgan fingerprint density at radius 1 is 1.44 bits per heavy atom.